The highest BCUT2D eigenvalue weighted by Crippen LogP contribution is 2.57. The summed E-state index contributed by atoms with van der Waals surface area (Å²) in [6.07, 6.45) is -5.56. The molecule has 27 heavy (non-hydrogen) atoms. The fourth-order valence-corrected chi connectivity index (χ4v) is 5.90. The van der Waals surface area contributed by atoms with Crippen LogP contribution in [-0.4, -0.2) is 0 Å². The van der Waals surface area contributed by atoms with Crippen LogP contribution < -0.4 is 0 Å². The fourth-order valence-electron chi connectivity index (χ4n) is 3.23. The highest BCUT2D eigenvalue weighted by atomic mass is 31.1. The van der Waals surface area contributed by atoms with Crippen LogP contribution in [0.3, 0.4) is 0 Å². The first-order valence-electron chi connectivity index (χ1n) is 7.65. The molecule has 1 heterocycles. The minimum atomic E-state index is -5.56. The van der Waals surface area contributed by atoms with Gasteiger partial charge in [0, 0.05) is 10.2 Å². The van der Waals surface area contributed by atoms with Crippen LogP contribution in [0.5, 0.6) is 0 Å². The Morgan fingerprint density at radius 2 is 1.00 bits per heavy atom. The van der Waals surface area contributed by atoms with E-state index in [-0.39, 0.29) is 0 Å². The number of benzene rings is 3. The lowest BCUT2D eigenvalue weighted by Crippen LogP contribution is -2.15. The van der Waals surface area contributed by atoms with Gasteiger partial charge in [0.2, 0.25) is 0 Å². The zero-order valence-electron chi connectivity index (χ0n) is 13.2. The molecular formula is C19H8F7P. The minimum absolute atomic E-state index is 0.421. The Bertz CT molecular complexity index is 1120. The SMILES string of the molecule is Fc1c(F)c(C(F)(F)F)c(F)c(F)c1-p1c2ccccc2c2ccccc21. The van der Waals surface area contributed by atoms with Crippen molar-refractivity contribution in [3.05, 3.63) is 77.4 Å². The average Bonchev–Trinajstić information content (AvgIpc) is 2.94. The molecule has 0 bridgehead atoms. The maximum absolute atomic E-state index is 14.6. The summed E-state index contributed by atoms with van der Waals surface area (Å²) in [4.78, 5) is 0. The molecule has 0 fully saturated rings. The molecule has 0 aliphatic rings. The molecule has 138 valence electrons. The van der Waals surface area contributed by atoms with Crippen LogP contribution in [0.25, 0.3) is 26.3 Å². The third kappa shape index (κ3) is 2.52. The average molecular weight is 400 g/mol. The van der Waals surface area contributed by atoms with Gasteiger partial charge in [0.1, 0.15) is 5.56 Å². The zero-order valence-corrected chi connectivity index (χ0v) is 14.1. The van der Waals surface area contributed by atoms with E-state index in [1.165, 1.54) is 0 Å². The zero-order chi connectivity index (χ0) is 19.5. The molecule has 4 aromatic rings. The quantitative estimate of drug-likeness (QED) is 0.229. The van der Waals surface area contributed by atoms with Crippen molar-refractivity contribution >= 4 is 28.5 Å². The van der Waals surface area contributed by atoms with Crippen molar-refractivity contribution in [2.24, 2.45) is 0 Å². The maximum atomic E-state index is 14.6. The number of fused-ring (bicyclic) bond motifs is 3. The summed E-state index contributed by atoms with van der Waals surface area (Å²) >= 11 is 0. The Labute approximate surface area is 148 Å². The number of hydrogen-bond acceptors (Lipinski definition) is 0. The molecule has 3 aromatic carbocycles. The smallest absolute Gasteiger partial charge is 0.203 e. The predicted octanol–water partition coefficient (Wildman–Crippen LogP) is 7.54. The summed E-state index contributed by atoms with van der Waals surface area (Å²) in [5.74, 6) is -8.89. The van der Waals surface area contributed by atoms with Gasteiger partial charge in [-0.05, 0) is 10.8 Å². The molecule has 0 unspecified atom stereocenters. The van der Waals surface area contributed by atoms with Crippen molar-refractivity contribution in [3.63, 3.8) is 0 Å². The Balaban J connectivity index is 2.20. The second-order valence-corrected chi connectivity index (χ2v) is 7.93. The number of halogens is 7. The van der Waals surface area contributed by atoms with E-state index >= 15 is 0 Å². The van der Waals surface area contributed by atoms with Gasteiger partial charge < -0.3 is 0 Å². The lowest BCUT2D eigenvalue weighted by molar-refractivity contribution is -0.143. The summed E-state index contributed by atoms with van der Waals surface area (Å²) in [6, 6.07) is 13.0. The Hall–Kier alpha value is -2.53. The number of rotatable bonds is 1. The molecule has 0 radical (unpaired) electrons. The van der Waals surface area contributed by atoms with Crippen LogP contribution in [0.2, 0.25) is 0 Å². The van der Waals surface area contributed by atoms with Crippen molar-refractivity contribution in [1.82, 2.24) is 0 Å². The molecule has 4 rings (SSSR count). The van der Waals surface area contributed by atoms with E-state index in [4.69, 9.17) is 0 Å². The summed E-state index contributed by atoms with van der Waals surface area (Å²) in [6.45, 7) is 0. The first-order chi connectivity index (χ1) is 12.7. The van der Waals surface area contributed by atoms with Gasteiger partial charge in [0.25, 0.3) is 0 Å². The second kappa shape index (κ2) is 5.99. The number of hydrogen-bond donors (Lipinski definition) is 0. The molecule has 0 saturated heterocycles. The molecule has 0 aliphatic heterocycles. The summed E-state index contributed by atoms with van der Waals surface area (Å²) in [7, 11) is -2.09. The van der Waals surface area contributed by atoms with Gasteiger partial charge in [-0.15, -0.1) is 0 Å². The van der Waals surface area contributed by atoms with Gasteiger partial charge in [-0.1, -0.05) is 56.1 Å². The molecule has 0 saturated carbocycles. The second-order valence-electron chi connectivity index (χ2n) is 5.85. The first kappa shape index (κ1) is 17.9. The minimum Gasteiger partial charge on any atom is -0.203 e. The van der Waals surface area contributed by atoms with E-state index in [9.17, 15) is 30.7 Å². The predicted molar refractivity (Wildman–Crippen MR) is 90.3 cm³/mol. The Kier molecular flexibility index (Phi) is 3.96. The third-order valence-corrected chi connectivity index (χ3v) is 6.91. The standard InChI is InChI=1S/C19H8F7P/c20-14-13(19(24,25)26)15(21)17(23)18(16(14)22)27-11-7-3-1-5-9(11)10-6-2-4-8-12(10)27/h1-8H. The normalized spacial score (nSPS) is 12.3. The van der Waals surface area contributed by atoms with Crippen molar-refractivity contribution in [1.29, 1.82) is 0 Å². The summed E-state index contributed by atoms with van der Waals surface area (Å²) < 4.78 is 96.0. The first-order valence-corrected chi connectivity index (χ1v) is 8.99. The van der Waals surface area contributed by atoms with Gasteiger partial charge in [0.15, 0.2) is 23.3 Å². The largest absolute Gasteiger partial charge is 0.422 e. The van der Waals surface area contributed by atoms with Gasteiger partial charge >= 0.3 is 6.18 Å². The van der Waals surface area contributed by atoms with Gasteiger partial charge in [-0.2, -0.15) is 13.2 Å². The number of alkyl halides is 3. The molecule has 0 aliphatic carbocycles. The van der Waals surface area contributed by atoms with Gasteiger partial charge in [0.05, 0.1) is 5.30 Å². The molecule has 0 amide bonds. The third-order valence-electron chi connectivity index (χ3n) is 4.33. The molecular weight excluding hydrogens is 392 g/mol. The van der Waals surface area contributed by atoms with E-state index in [2.05, 4.69) is 0 Å². The van der Waals surface area contributed by atoms with E-state index in [1.54, 1.807) is 48.5 Å². The Morgan fingerprint density at radius 3 is 1.41 bits per heavy atom. The van der Waals surface area contributed by atoms with Crippen LogP contribution in [0.15, 0.2) is 48.5 Å². The molecule has 0 atom stereocenters. The summed E-state index contributed by atoms with van der Waals surface area (Å²) in [5.41, 5.74) is -2.56. The van der Waals surface area contributed by atoms with Gasteiger partial charge in [-0.25, -0.2) is 17.6 Å². The molecule has 8 heteroatoms. The van der Waals surface area contributed by atoms with Crippen molar-refractivity contribution in [2.45, 2.75) is 6.18 Å². The molecule has 0 spiro atoms. The highest BCUT2D eigenvalue weighted by molar-refractivity contribution is 7.68. The van der Waals surface area contributed by atoms with E-state index in [1.807, 2.05) is 0 Å². The lowest BCUT2D eigenvalue weighted by atomic mass is 10.1. The maximum Gasteiger partial charge on any atom is 0.422 e. The summed E-state index contributed by atoms with van der Waals surface area (Å²) in [5, 5.41) is 1.08. The van der Waals surface area contributed by atoms with Crippen LogP contribution >= 0.6 is 7.53 Å². The van der Waals surface area contributed by atoms with E-state index in [0.29, 0.717) is 21.0 Å². The van der Waals surface area contributed by atoms with Crippen LogP contribution in [0.1, 0.15) is 5.56 Å². The van der Waals surface area contributed by atoms with Crippen LogP contribution in [0.4, 0.5) is 30.7 Å². The monoisotopic (exact) mass is 400 g/mol. The molecule has 1 aromatic heterocycles. The molecule has 0 N–H and O–H groups in total. The van der Waals surface area contributed by atoms with Gasteiger partial charge in [-0.3, -0.25) is 0 Å². The fraction of sp³-hybridized carbons (Fsp3) is 0.0526. The van der Waals surface area contributed by atoms with E-state index in [0.717, 1.165) is 0 Å². The van der Waals surface area contributed by atoms with Crippen molar-refractivity contribution < 1.29 is 30.7 Å². The van der Waals surface area contributed by atoms with E-state index < -0.39 is 47.8 Å². The topological polar surface area (TPSA) is 0 Å². The van der Waals surface area contributed by atoms with Crippen LogP contribution in [-0.2, 0) is 6.18 Å². The molecule has 0 nitrogen and oxygen atoms in total. The highest BCUT2D eigenvalue weighted by Gasteiger charge is 2.42. The van der Waals surface area contributed by atoms with Crippen molar-refractivity contribution in [3.8, 4) is 5.30 Å². The lowest BCUT2D eigenvalue weighted by Gasteiger charge is -2.14. The van der Waals surface area contributed by atoms with Crippen LogP contribution in [0, 0.1) is 23.3 Å². The Morgan fingerprint density at radius 1 is 0.593 bits per heavy atom. The van der Waals surface area contributed by atoms with Crippen molar-refractivity contribution in [2.75, 3.05) is 0 Å².